The highest BCUT2D eigenvalue weighted by Gasteiger charge is 2.35. The molecule has 1 aromatic heterocycles. The fourth-order valence-electron chi connectivity index (χ4n) is 2.98. The molecule has 5 nitrogen and oxygen atoms in total. The second-order valence-electron chi connectivity index (χ2n) is 6.21. The Morgan fingerprint density at radius 1 is 1.12 bits per heavy atom. The first-order chi connectivity index (χ1) is 12.1. The van der Waals surface area contributed by atoms with Crippen molar-refractivity contribution in [2.75, 3.05) is 0 Å². The molecule has 0 bridgehead atoms. The average molecular weight is 353 g/mol. The summed E-state index contributed by atoms with van der Waals surface area (Å²) in [5.74, 6) is -0.327. The van der Waals surface area contributed by atoms with Crippen molar-refractivity contribution in [3.8, 4) is 6.07 Å². The van der Waals surface area contributed by atoms with Gasteiger partial charge in [0.1, 0.15) is 5.54 Å². The highest BCUT2D eigenvalue weighted by Crippen LogP contribution is 2.29. The maximum Gasteiger partial charge on any atom is 0.261 e. The minimum atomic E-state index is -0.718. The van der Waals surface area contributed by atoms with E-state index in [1.807, 2.05) is 23.6 Å². The van der Waals surface area contributed by atoms with Crippen molar-refractivity contribution in [3.63, 3.8) is 0 Å². The van der Waals surface area contributed by atoms with Gasteiger partial charge in [-0.15, -0.1) is 11.3 Å². The first-order valence-corrected chi connectivity index (χ1v) is 9.14. The molecule has 1 aromatic carbocycles. The second kappa shape index (κ2) is 7.49. The number of amides is 2. The zero-order valence-corrected chi connectivity index (χ0v) is 14.6. The molecular formula is C19H19N3O2S. The zero-order valence-electron chi connectivity index (χ0n) is 13.7. The first-order valence-electron chi connectivity index (χ1n) is 8.26. The Morgan fingerprint density at radius 3 is 2.44 bits per heavy atom. The molecule has 0 saturated heterocycles. The summed E-state index contributed by atoms with van der Waals surface area (Å²) in [4.78, 5) is 25.0. The van der Waals surface area contributed by atoms with Crippen LogP contribution in [0.3, 0.4) is 0 Å². The van der Waals surface area contributed by atoms with Gasteiger partial charge < -0.3 is 10.6 Å². The Bertz CT molecular complexity index is 785. The lowest BCUT2D eigenvalue weighted by Gasteiger charge is -2.22. The van der Waals surface area contributed by atoms with Crippen molar-refractivity contribution >= 4 is 23.2 Å². The van der Waals surface area contributed by atoms with E-state index in [0.717, 1.165) is 18.4 Å². The highest BCUT2D eigenvalue weighted by atomic mass is 32.1. The quantitative estimate of drug-likeness (QED) is 0.866. The van der Waals surface area contributed by atoms with E-state index in [2.05, 4.69) is 16.7 Å². The fraction of sp³-hybridized carbons (Fsp3) is 0.316. The summed E-state index contributed by atoms with van der Waals surface area (Å²) >= 11 is 1.40. The Balaban J connectivity index is 1.57. The molecular weight excluding hydrogens is 334 g/mol. The maximum absolute atomic E-state index is 12.4. The summed E-state index contributed by atoms with van der Waals surface area (Å²) < 4.78 is 0. The van der Waals surface area contributed by atoms with Crippen LogP contribution in [0.4, 0.5) is 0 Å². The Labute approximate surface area is 150 Å². The molecule has 128 valence electrons. The van der Waals surface area contributed by atoms with Gasteiger partial charge in [0.25, 0.3) is 11.8 Å². The van der Waals surface area contributed by atoms with E-state index in [1.54, 1.807) is 18.2 Å². The third-order valence-electron chi connectivity index (χ3n) is 4.44. The van der Waals surface area contributed by atoms with Crippen LogP contribution in [-0.4, -0.2) is 17.4 Å². The second-order valence-corrected chi connectivity index (χ2v) is 7.16. The van der Waals surface area contributed by atoms with Crippen LogP contribution >= 0.6 is 11.3 Å². The predicted octanol–water partition coefficient (Wildman–Crippen LogP) is 3.24. The summed E-state index contributed by atoms with van der Waals surface area (Å²) in [6, 6.07) is 13.0. The lowest BCUT2D eigenvalue weighted by Crippen LogP contribution is -2.45. The fourth-order valence-corrected chi connectivity index (χ4v) is 3.62. The monoisotopic (exact) mass is 353 g/mol. The average Bonchev–Trinajstić information content (AvgIpc) is 3.32. The molecule has 0 radical (unpaired) electrons. The molecule has 6 heteroatoms. The van der Waals surface area contributed by atoms with E-state index in [4.69, 9.17) is 0 Å². The molecule has 2 aromatic rings. The third kappa shape index (κ3) is 4.06. The third-order valence-corrected chi connectivity index (χ3v) is 5.31. The van der Waals surface area contributed by atoms with Crippen LogP contribution in [-0.2, 0) is 6.54 Å². The van der Waals surface area contributed by atoms with Crippen LogP contribution in [0.1, 0.15) is 51.3 Å². The van der Waals surface area contributed by atoms with Gasteiger partial charge in [0.15, 0.2) is 0 Å². The SMILES string of the molecule is N#CC1(NC(=O)c2ccc(CNC(=O)c3cccs3)cc2)CCCC1. The molecule has 0 unspecified atom stereocenters. The Hall–Kier alpha value is -2.65. The van der Waals surface area contributed by atoms with Crippen LogP contribution in [0, 0.1) is 11.3 Å². The number of thiophene rings is 1. The van der Waals surface area contributed by atoms with Crippen LogP contribution < -0.4 is 10.6 Å². The number of nitrogens with zero attached hydrogens (tertiary/aromatic N) is 1. The van der Waals surface area contributed by atoms with Crippen molar-refractivity contribution in [1.82, 2.24) is 10.6 Å². The Kier molecular flexibility index (Phi) is 5.15. The number of hydrogen-bond donors (Lipinski definition) is 2. The van der Waals surface area contributed by atoms with Crippen LogP contribution in [0.25, 0.3) is 0 Å². The van der Waals surface area contributed by atoms with Gasteiger partial charge in [0.05, 0.1) is 10.9 Å². The molecule has 0 atom stereocenters. The van der Waals surface area contributed by atoms with E-state index in [-0.39, 0.29) is 11.8 Å². The van der Waals surface area contributed by atoms with Crippen LogP contribution in [0.2, 0.25) is 0 Å². The zero-order chi connectivity index (χ0) is 17.7. The molecule has 1 heterocycles. The van der Waals surface area contributed by atoms with Gasteiger partial charge in [-0.1, -0.05) is 18.2 Å². The van der Waals surface area contributed by atoms with Crippen molar-refractivity contribution in [3.05, 3.63) is 57.8 Å². The summed E-state index contributed by atoms with van der Waals surface area (Å²) in [5, 5.41) is 16.9. The summed E-state index contributed by atoms with van der Waals surface area (Å²) in [7, 11) is 0. The minimum absolute atomic E-state index is 0.103. The van der Waals surface area contributed by atoms with Gasteiger partial charge in [-0.2, -0.15) is 5.26 Å². The van der Waals surface area contributed by atoms with E-state index in [1.165, 1.54) is 11.3 Å². The largest absolute Gasteiger partial charge is 0.347 e. The van der Waals surface area contributed by atoms with Crippen molar-refractivity contribution in [2.24, 2.45) is 0 Å². The first kappa shape index (κ1) is 17.2. The molecule has 3 rings (SSSR count). The van der Waals surface area contributed by atoms with Gasteiger partial charge in [-0.3, -0.25) is 9.59 Å². The standard InChI is InChI=1S/C19H19N3O2S/c20-13-19(9-1-2-10-19)22-17(23)15-7-5-14(6-8-15)12-21-18(24)16-4-3-11-25-16/h3-8,11H,1-2,9-10,12H2,(H,21,24)(H,22,23). The van der Waals surface area contributed by atoms with Gasteiger partial charge >= 0.3 is 0 Å². The van der Waals surface area contributed by atoms with Gasteiger partial charge in [0.2, 0.25) is 0 Å². The van der Waals surface area contributed by atoms with Crippen molar-refractivity contribution < 1.29 is 9.59 Å². The molecule has 2 amide bonds. The number of carbonyl (C=O) groups excluding carboxylic acids is 2. The van der Waals surface area contributed by atoms with Crippen molar-refractivity contribution in [1.29, 1.82) is 5.26 Å². The lowest BCUT2D eigenvalue weighted by atomic mass is 9.99. The summed E-state index contributed by atoms with van der Waals surface area (Å²) in [5.41, 5.74) is 0.719. The number of rotatable bonds is 5. The highest BCUT2D eigenvalue weighted by molar-refractivity contribution is 7.12. The summed E-state index contributed by atoms with van der Waals surface area (Å²) in [6.45, 7) is 0.404. The Morgan fingerprint density at radius 2 is 1.84 bits per heavy atom. The molecule has 0 spiro atoms. The molecule has 0 aliphatic heterocycles. The number of nitriles is 1. The molecule has 1 aliphatic carbocycles. The lowest BCUT2D eigenvalue weighted by molar-refractivity contribution is 0.0918. The molecule has 1 aliphatic rings. The number of benzene rings is 1. The van der Waals surface area contributed by atoms with E-state index >= 15 is 0 Å². The molecule has 1 saturated carbocycles. The summed E-state index contributed by atoms with van der Waals surface area (Å²) in [6.07, 6.45) is 3.36. The van der Waals surface area contributed by atoms with Crippen LogP contribution in [0.5, 0.6) is 0 Å². The molecule has 25 heavy (non-hydrogen) atoms. The molecule has 2 N–H and O–H groups in total. The number of carbonyl (C=O) groups is 2. The van der Waals surface area contributed by atoms with E-state index < -0.39 is 5.54 Å². The predicted molar refractivity (Wildman–Crippen MR) is 96.2 cm³/mol. The minimum Gasteiger partial charge on any atom is -0.347 e. The van der Waals surface area contributed by atoms with Gasteiger partial charge in [-0.05, 0) is 54.8 Å². The smallest absolute Gasteiger partial charge is 0.261 e. The number of hydrogen-bond acceptors (Lipinski definition) is 4. The molecule has 1 fully saturated rings. The van der Waals surface area contributed by atoms with E-state index in [0.29, 0.717) is 29.8 Å². The normalized spacial score (nSPS) is 15.3. The number of nitrogens with one attached hydrogen (secondary N) is 2. The van der Waals surface area contributed by atoms with E-state index in [9.17, 15) is 14.9 Å². The topological polar surface area (TPSA) is 82.0 Å². The van der Waals surface area contributed by atoms with Crippen molar-refractivity contribution in [2.45, 2.75) is 37.8 Å². The maximum atomic E-state index is 12.4. The van der Waals surface area contributed by atoms with Gasteiger partial charge in [0, 0.05) is 12.1 Å². The van der Waals surface area contributed by atoms with Gasteiger partial charge in [-0.25, -0.2) is 0 Å². The van der Waals surface area contributed by atoms with Crippen LogP contribution in [0.15, 0.2) is 41.8 Å².